The zero-order valence-corrected chi connectivity index (χ0v) is 14.0. The molecular formula is C19H24N2O3. The molecule has 0 aliphatic heterocycles. The number of hydrogen-bond donors (Lipinski definition) is 2. The summed E-state index contributed by atoms with van der Waals surface area (Å²) in [5.41, 5.74) is 2.24. The molecule has 1 aliphatic rings. The lowest BCUT2D eigenvalue weighted by Crippen LogP contribution is -2.45. The van der Waals surface area contributed by atoms with E-state index in [1.54, 1.807) is 0 Å². The van der Waals surface area contributed by atoms with Crippen molar-refractivity contribution in [3.05, 3.63) is 36.0 Å². The number of benzene rings is 1. The minimum Gasteiger partial charge on any atom is -0.469 e. The number of aromatic nitrogens is 1. The van der Waals surface area contributed by atoms with Gasteiger partial charge in [0.1, 0.15) is 0 Å². The molecule has 0 bridgehead atoms. The van der Waals surface area contributed by atoms with Crippen LogP contribution in [-0.4, -0.2) is 30.0 Å². The largest absolute Gasteiger partial charge is 0.469 e. The molecule has 0 radical (unpaired) electrons. The Bertz CT molecular complexity index is 722. The zero-order valence-electron chi connectivity index (χ0n) is 14.0. The molecule has 1 aliphatic carbocycles. The summed E-state index contributed by atoms with van der Waals surface area (Å²) < 4.78 is 4.87. The van der Waals surface area contributed by atoms with Crippen molar-refractivity contribution in [1.82, 2.24) is 10.3 Å². The van der Waals surface area contributed by atoms with Gasteiger partial charge in [-0.3, -0.25) is 9.59 Å². The molecule has 5 nitrogen and oxygen atoms in total. The first-order valence-corrected chi connectivity index (χ1v) is 8.61. The Morgan fingerprint density at radius 2 is 2.04 bits per heavy atom. The predicted octanol–water partition coefficient (Wildman–Crippen LogP) is 2.95. The third-order valence-corrected chi connectivity index (χ3v) is 4.91. The molecule has 1 aromatic heterocycles. The zero-order chi connectivity index (χ0) is 16.9. The molecular weight excluding hydrogens is 304 g/mol. The SMILES string of the molecule is COC(=O)C1CCCCC1NC(=O)CCc1c[nH]c2ccccc12. The van der Waals surface area contributed by atoms with Gasteiger partial charge < -0.3 is 15.0 Å². The number of amides is 1. The fourth-order valence-corrected chi connectivity index (χ4v) is 3.60. The maximum atomic E-state index is 12.3. The Balaban J connectivity index is 1.58. The van der Waals surface area contributed by atoms with E-state index in [4.69, 9.17) is 4.74 Å². The van der Waals surface area contributed by atoms with E-state index in [1.165, 1.54) is 7.11 Å². The van der Waals surface area contributed by atoms with Crippen LogP contribution in [0.25, 0.3) is 10.9 Å². The molecule has 1 fully saturated rings. The molecule has 2 N–H and O–H groups in total. The van der Waals surface area contributed by atoms with E-state index in [0.29, 0.717) is 12.8 Å². The summed E-state index contributed by atoms with van der Waals surface area (Å²) >= 11 is 0. The molecule has 0 saturated heterocycles. The monoisotopic (exact) mass is 328 g/mol. The summed E-state index contributed by atoms with van der Waals surface area (Å²) in [6.07, 6.45) is 6.77. The Morgan fingerprint density at radius 1 is 1.25 bits per heavy atom. The molecule has 128 valence electrons. The fourth-order valence-electron chi connectivity index (χ4n) is 3.60. The van der Waals surface area contributed by atoms with Crippen LogP contribution in [0.15, 0.2) is 30.5 Å². The lowest BCUT2D eigenvalue weighted by atomic mass is 9.84. The summed E-state index contributed by atoms with van der Waals surface area (Å²) in [6.45, 7) is 0. The lowest BCUT2D eigenvalue weighted by Gasteiger charge is -2.30. The van der Waals surface area contributed by atoms with E-state index in [0.717, 1.165) is 42.1 Å². The number of fused-ring (bicyclic) bond motifs is 1. The average molecular weight is 328 g/mol. The first-order valence-electron chi connectivity index (χ1n) is 8.61. The van der Waals surface area contributed by atoms with Crippen molar-refractivity contribution in [3.8, 4) is 0 Å². The van der Waals surface area contributed by atoms with Gasteiger partial charge in [0.05, 0.1) is 13.0 Å². The number of methoxy groups -OCH3 is 1. The first kappa shape index (κ1) is 16.6. The second-order valence-electron chi connectivity index (χ2n) is 6.45. The van der Waals surface area contributed by atoms with Gasteiger partial charge in [0.25, 0.3) is 0 Å². The Hall–Kier alpha value is -2.30. The number of rotatable bonds is 5. The van der Waals surface area contributed by atoms with Gasteiger partial charge in [-0.15, -0.1) is 0 Å². The van der Waals surface area contributed by atoms with Gasteiger partial charge in [0.15, 0.2) is 0 Å². The standard InChI is InChI=1S/C19H24N2O3/c1-24-19(23)15-7-3-5-9-17(15)21-18(22)11-10-13-12-20-16-8-4-2-6-14(13)16/h2,4,6,8,12,15,17,20H,3,5,7,9-11H2,1H3,(H,21,22). The van der Waals surface area contributed by atoms with Crippen LogP contribution < -0.4 is 5.32 Å². The van der Waals surface area contributed by atoms with Crippen molar-refractivity contribution < 1.29 is 14.3 Å². The van der Waals surface area contributed by atoms with E-state index in [2.05, 4.69) is 16.4 Å². The van der Waals surface area contributed by atoms with Crippen LogP contribution in [0.2, 0.25) is 0 Å². The van der Waals surface area contributed by atoms with Crippen molar-refractivity contribution in [2.45, 2.75) is 44.6 Å². The molecule has 1 aromatic carbocycles. The minimum atomic E-state index is -0.211. The number of carbonyl (C=O) groups excluding carboxylic acids is 2. The van der Waals surface area contributed by atoms with Crippen molar-refractivity contribution in [3.63, 3.8) is 0 Å². The number of ether oxygens (including phenoxy) is 1. The van der Waals surface area contributed by atoms with E-state index >= 15 is 0 Å². The Kier molecular flexibility index (Phi) is 5.18. The summed E-state index contributed by atoms with van der Waals surface area (Å²) in [5, 5.41) is 4.21. The van der Waals surface area contributed by atoms with E-state index < -0.39 is 0 Å². The highest BCUT2D eigenvalue weighted by molar-refractivity contribution is 5.84. The van der Waals surface area contributed by atoms with E-state index in [9.17, 15) is 9.59 Å². The number of hydrogen-bond acceptors (Lipinski definition) is 3. The van der Waals surface area contributed by atoms with Crippen molar-refractivity contribution in [2.75, 3.05) is 7.11 Å². The van der Waals surface area contributed by atoms with E-state index in [-0.39, 0.29) is 23.8 Å². The first-order chi connectivity index (χ1) is 11.7. The third kappa shape index (κ3) is 3.61. The normalized spacial score (nSPS) is 20.7. The van der Waals surface area contributed by atoms with Gasteiger partial charge in [-0.05, 0) is 30.9 Å². The predicted molar refractivity (Wildman–Crippen MR) is 92.5 cm³/mol. The fraction of sp³-hybridized carbons (Fsp3) is 0.474. The Labute approximate surface area is 141 Å². The molecule has 2 unspecified atom stereocenters. The summed E-state index contributed by atoms with van der Waals surface area (Å²) in [7, 11) is 1.41. The van der Waals surface area contributed by atoms with Crippen molar-refractivity contribution in [1.29, 1.82) is 0 Å². The topological polar surface area (TPSA) is 71.2 Å². The molecule has 1 amide bonds. The lowest BCUT2D eigenvalue weighted by molar-refractivity contribution is -0.147. The molecule has 2 atom stereocenters. The van der Waals surface area contributed by atoms with Gasteiger partial charge in [-0.1, -0.05) is 31.0 Å². The number of para-hydroxylation sites is 1. The molecule has 0 spiro atoms. The number of esters is 1. The second-order valence-corrected chi connectivity index (χ2v) is 6.45. The molecule has 5 heteroatoms. The third-order valence-electron chi connectivity index (χ3n) is 4.91. The molecule has 3 rings (SSSR count). The Morgan fingerprint density at radius 3 is 2.88 bits per heavy atom. The number of H-pyrrole nitrogens is 1. The quantitative estimate of drug-likeness (QED) is 0.829. The number of aryl methyl sites for hydroxylation is 1. The number of carbonyl (C=O) groups is 2. The smallest absolute Gasteiger partial charge is 0.310 e. The summed E-state index contributed by atoms with van der Waals surface area (Å²) in [4.78, 5) is 27.4. The van der Waals surface area contributed by atoms with Crippen molar-refractivity contribution >= 4 is 22.8 Å². The highest BCUT2D eigenvalue weighted by atomic mass is 16.5. The van der Waals surface area contributed by atoms with Crippen LogP contribution in [0.3, 0.4) is 0 Å². The van der Waals surface area contributed by atoms with Crippen molar-refractivity contribution in [2.24, 2.45) is 5.92 Å². The maximum absolute atomic E-state index is 12.3. The molecule has 2 aromatic rings. The van der Waals surface area contributed by atoms with Crippen LogP contribution in [0.4, 0.5) is 0 Å². The average Bonchev–Trinajstić information content (AvgIpc) is 3.03. The summed E-state index contributed by atoms with van der Waals surface area (Å²) in [6, 6.07) is 7.99. The number of aromatic amines is 1. The van der Waals surface area contributed by atoms with Crippen LogP contribution in [0.1, 0.15) is 37.7 Å². The van der Waals surface area contributed by atoms with E-state index in [1.807, 2.05) is 24.4 Å². The highest BCUT2D eigenvalue weighted by Gasteiger charge is 2.32. The second kappa shape index (κ2) is 7.51. The minimum absolute atomic E-state index is 0.00100. The molecule has 24 heavy (non-hydrogen) atoms. The van der Waals surface area contributed by atoms with Gasteiger partial charge in [-0.2, -0.15) is 0 Å². The number of nitrogens with one attached hydrogen (secondary N) is 2. The molecule has 1 heterocycles. The highest BCUT2D eigenvalue weighted by Crippen LogP contribution is 2.26. The van der Waals surface area contributed by atoms with Gasteiger partial charge in [0.2, 0.25) is 5.91 Å². The van der Waals surface area contributed by atoms with Crippen LogP contribution in [0, 0.1) is 5.92 Å². The van der Waals surface area contributed by atoms with Crippen LogP contribution in [-0.2, 0) is 20.7 Å². The van der Waals surface area contributed by atoms with Gasteiger partial charge in [-0.25, -0.2) is 0 Å². The summed E-state index contributed by atoms with van der Waals surface area (Å²) in [5.74, 6) is -0.418. The van der Waals surface area contributed by atoms with Gasteiger partial charge >= 0.3 is 5.97 Å². The maximum Gasteiger partial charge on any atom is 0.310 e. The molecule has 1 saturated carbocycles. The van der Waals surface area contributed by atoms with Crippen LogP contribution in [0.5, 0.6) is 0 Å². The van der Waals surface area contributed by atoms with Gasteiger partial charge in [0, 0.05) is 29.6 Å². The van der Waals surface area contributed by atoms with Crippen LogP contribution >= 0.6 is 0 Å².